The van der Waals surface area contributed by atoms with Crippen LogP contribution in [0.3, 0.4) is 0 Å². The molecule has 1 aromatic carbocycles. The first-order valence-corrected chi connectivity index (χ1v) is 9.35. The molecular weight excluding hydrogens is 427 g/mol. The van der Waals surface area contributed by atoms with Crippen LogP contribution in [0.25, 0.3) is 22.0 Å². The molecule has 0 spiro atoms. The number of carbonyl (C=O) groups excluding carboxylic acids is 2. The number of hydrogen-bond donors (Lipinski definition) is 3. The number of aromatic nitrogens is 3. The summed E-state index contributed by atoms with van der Waals surface area (Å²) >= 11 is 12.6. The molecule has 0 bridgehead atoms. The van der Waals surface area contributed by atoms with Crippen LogP contribution >= 0.6 is 23.2 Å². The molecule has 0 saturated heterocycles. The largest absolute Gasteiger partial charge is 0.370 e. The van der Waals surface area contributed by atoms with Gasteiger partial charge in [-0.2, -0.15) is 13.9 Å². The van der Waals surface area contributed by atoms with Crippen LogP contribution in [0.2, 0.25) is 10.0 Å². The van der Waals surface area contributed by atoms with Crippen LogP contribution in [0, 0.1) is 0 Å². The molecular formula is C18H17Cl2F2N5O2. The lowest BCUT2D eigenvalue weighted by atomic mass is 10.0. The summed E-state index contributed by atoms with van der Waals surface area (Å²) in [5.41, 5.74) is 7.97. The number of amides is 2. The molecule has 7 nitrogen and oxygen atoms in total. The molecule has 0 unspecified atom stereocenters. The van der Waals surface area contributed by atoms with E-state index in [-0.39, 0.29) is 16.6 Å². The summed E-state index contributed by atoms with van der Waals surface area (Å²) in [4.78, 5) is 20.8. The van der Waals surface area contributed by atoms with Gasteiger partial charge < -0.3 is 15.6 Å². The number of aromatic amines is 1. The maximum absolute atomic E-state index is 12.7. The molecule has 1 aliphatic rings. The normalized spacial score (nSPS) is 12.6. The Morgan fingerprint density at radius 2 is 2.07 bits per heavy atom. The zero-order chi connectivity index (χ0) is 21.3. The number of primary amides is 1. The first kappa shape index (κ1) is 21.1. The van der Waals surface area contributed by atoms with Crippen LogP contribution in [0.5, 0.6) is 0 Å². The van der Waals surface area contributed by atoms with E-state index in [0.717, 1.165) is 36.2 Å². The Kier molecular flexibility index (Phi) is 6.09. The van der Waals surface area contributed by atoms with Crippen molar-refractivity contribution >= 4 is 51.6 Å². The van der Waals surface area contributed by atoms with Crippen LogP contribution in [-0.2, 0) is 22.6 Å². The predicted octanol–water partition coefficient (Wildman–Crippen LogP) is 3.98. The monoisotopic (exact) mass is 443 g/mol. The van der Waals surface area contributed by atoms with Gasteiger partial charge in [0.15, 0.2) is 0 Å². The fourth-order valence-electron chi connectivity index (χ4n) is 3.43. The maximum atomic E-state index is 12.7. The second kappa shape index (κ2) is 8.38. The molecule has 0 aliphatic carbocycles. The number of nitrogens with one attached hydrogen (secondary N) is 2. The van der Waals surface area contributed by atoms with Crippen molar-refractivity contribution in [2.45, 2.75) is 32.7 Å². The zero-order valence-corrected chi connectivity index (χ0v) is 16.7. The minimum Gasteiger partial charge on any atom is -0.370 e. The van der Waals surface area contributed by atoms with Gasteiger partial charge in [0.1, 0.15) is 0 Å². The highest BCUT2D eigenvalue weighted by atomic mass is 35.5. The lowest BCUT2D eigenvalue weighted by Crippen LogP contribution is -2.20. The number of nitrogens with zero attached hydrogens (tertiary/aromatic N) is 2. The van der Waals surface area contributed by atoms with Crippen LogP contribution in [-0.4, -0.2) is 33.0 Å². The number of anilines is 1. The lowest BCUT2D eigenvalue weighted by molar-refractivity contribution is -0.126. The molecule has 11 heteroatoms. The minimum atomic E-state index is -3.13. The predicted molar refractivity (Wildman–Crippen MR) is 107 cm³/mol. The van der Waals surface area contributed by atoms with E-state index in [4.69, 9.17) is 23.2 Å². The van der Waals surface area contributed by atoms with Gasteiger partial charge in [0, 0.05) is 41.9 Å². The summed E-state index contributed by atoms with van der Waals surface area (Å²) in [6, 6.07) is 1.41. The van der Waals surface area contributed by atoms with Gasteiger partial charge in [0.05, 0.1) is 27.4 Å². The SMILES string of the molecule is CC(N)=O.O=C(Nc1cc(Cl)c(Cl)c2c1c(-c1cn[nH]c1)c1n2CCC1)C(F)F. The Labute approximate surface area is 174 Å². The highest BCUT2D eigenvalue weighted by Gasteiger charge is 2.28. The molecule has 4 N–H and O–H groups in total. The van der Waals surface area contributed by atoms with Crippen LogP contribution in [0.4, 0.5) is 14.5 Å². The Morgan fingerprint density at radius 3 is 2.66 bits per heavy atom. The second-order valence-electron chi connectivity index (χ2n) is 6.41. The lowest BCUT2D eigenvalue weighted by Gasteiger charge is -2.11. The van der Waals surface area contributed by atoms with Crippen LogP contribution in [0.15, 0.2) is 18.5 Å². The van der Waals surface area contributed by atoms with Crippen molar-refractivity contribution in [2.75, 3.05) is 5.32 Å². The van der Waals surface area contributed by atoms with Crippen molar-refractivity contribution in [3.63, 3.8) is 0 Å². The van der Waals surface area contributed by atoms with Gasteiger partial charge in [-0.25, -0.2) is 0 Å². The van der Waals surface area contributed by atoms with Gasteiger partial charge in [-0.05, 0) is 18.9 Å². The summed E-state index contributed by atoms with van der Waals surface area (Å²) < 4.78 is 27.5. The number of fused-ring (bicyclic) bond motifs is 3. The van der Waals surface area contributed by atoms with Crippen LogP contribution < -0.4 is 11.1 Å². The van der Waals surface area contributed by atoms with Gasteiger partial charge in [0.25, 0.3) is 5.91 Å². The highest BCUT2D eigenvalue weighted by Crippen LogP contribution is 2.46. The summed E-state index contributed by atoms with van der Waals surface area (Å²) in [5, 5.41) is 10.1. The highest BCUT2D eigenvalue weighted by molar-refractivity contribution is 6.46. The first-order chi connectivity index (χ1) is 13.7. The molecule has 2 aromatic heterocycles. The first-order valence-electron chi connectivity index (χ1n) is 8.59. The van der Waals surface area contributed by atoms with Crippen molar-refractivity contribution in [3.8, 4) is 11.1 Å². The Balaban J connectivity index is 0.000000552. The Morgan fingerprint density at radius 1 is 1.38 bits per heavy atom. The molecule has 3 heterocycles. The van der Waals surface area contributed by atoms with Gasteiger partial charge in [-0.1, -0.05) is 23.2 Å². The van der Waals surface area contributed by atoms with Gasteiger partial charge in [0.2, 0.25) is 5.91 Å². The minimum absolute atomic E-state index is 0.199. The summed E-state index contributed by atoms with van der Waals surface area (Å²) in [5.74, 6) is -1.72. The molecule has 0 atom stereocenters. The molecule has 4 rings (SSSR count). The van der Waals surface area contributed by atoms with E-state index in [1.165, 1.54) is 13.0 Å². The van der Waals surface area contributed by atoms with E-state index < -0.39 is 12.3 Å². The molecule has 0 fully saturated rings. The molecule has 0 radical (unpaired) electrons. The van der Waals surface area contributed by atoms with E-state index in [1.807, 2.05) is 4.57 Å². The van der Waals surface area contributed by atoms with E-state index >= 15 is 0 Å². The van der Waals surface area contributed by atoms with E-state index in [0.29, 0.717) is 15.9 Å². The smallest absolute Gasteiger partial charge is 0.315 e. The van der Waals surface area contributed by atoms with Crippen LogP contribution in [0.1, 0.15) is 19.0 Å². The third-order valence-corrected chi connectivity index (χ3v) is 5.14. The summed E-state index contributed by atoms with van der Waals surface area (Å²) in [6.45, 7) is 2.05. The fraction of sp³-hybridized carbons (Fsp3) is 0.278. The standard InChI is InChI=1S/C16H12Cl2F2N4O.C2H5NO/c17-8-4-9(23-16(25)15(19)20)12-11(7-5-21-22-6-7)10-2-1-3-24(10)14(12)13(8)18;1-2(3)4/h4-6,15H,1-3H2,(H,21,22)(H,23,25);1H3,(H2,3,4). The quantitative estimate of drug-likeness (QED) is 0.569. The number of halogens is 4. The van der Waals surface area contributed by atoms with Gasteiger partial charge in [-0.3, -0.25) is 14.7 Å². The molecule has 29 heavy (non-hydrogen) atoms. The number of H-pyrrole nitrogens is 1. The molecule has 3 aromatic rings. The van der Waals surface area contributed by atoms with Crippen molar-refractivity contribution in [1.82, 2.24) is 14.8 Å². The molecule has 154 valence electrons. The number of hydrogen-bond acceptors (Lipinski definition) is 3. The number of benzene rings is 1. The molecule has 2 amide bonds. The Hall–Kier alpha value is -2.65. The molecule has 1 aliphatic heterocycles. The van der Waals surface area contributed by atoms with E-state index in [1.54, 1.807) is 12.4 Å². The fourth-order valence-corrected chi connectivity index (χ4v) is 3.88. The number of nitrogens with two attached hydrogens (primary N) is 1. The van der Waals surface area contributed by atoms with Crippen molar-refractivity contribution in [3.05, 3.63) is 34.2 Å². The van der Waals surface area contributed by atoms with Gasteiger partial charge >= 0.3 is 6.43 Å². The zero-order valence-electron chi connectivity index (χ0n) is 15.2. The number of carbonyl (C=O) groups is 2. The Bertz CT molecular complexity index is 1080. The summed E-state index contributed by atoms with van der Waals surface area (Å²) in [7, 11) is 0. The van der Waals surface area contributed by atoms with E-state index in [2.05, 4.69) is 21.2 Å². The van der Waals surface area contributed by atoms with Crippen molar-refractivity contribution in [1.29, 1.82) is 0 Å². The average molecular weight is 444 g/mol. The average Bonchev–Trinajstić information content (AvgIpc) is 3.35. The second-order valence-corrected chi connectivity index (χ2v) is 7.19. The third-order valence-electron chi connectivity index (χ3n) is 4.37. The van der Waals surface area contributed by atoms with Crippen molar-refractivity contribution < 1.29 is 18.4 Å². The maximum Gasteiger partial charge on any atom is 0.315 e. The topological polar surface area (TPSA) is 106 Å². The molecule has 0 saturated carbocycles. The summed E-state index contributed by atoms with van der Waals surface area (Å²) in [6.07, 6.45) is 1.99. The van der Waals surface area contributed by atoms with Gasteiger partial charge in [-0.15, -0.1) is 0 Å². The third kappa shape index (κ3) is 4.06. The van der Waals surface area contributed by atoms with E-state index in [9.17, 15) is 18.4 Å². The number of rotatable bonds is 3. The number of alkyl halides is 2. The van der Waals surface area contributed by atoms with Crippen molar-refractivity contribution in [2.24, 2.45) is 5.73 Å². The number of aryl methyl sites for hydroxylation is 1.